The minimum atomic E-state index is -0.204. The molecule has 92 valence electrons. The van der Waals surface area contributed by atoms with Crippen molar-refractivity contribution in [3.63, 3.8) is 0 Å². The van der Waals surface area contributed by atoms with Crippen molar-refractivity contribution < 1.29 is 9.13 Å². The van der Waals surface area contributed by atoms with Gasteiger partial charge in [0.1, 0.15) is 0 Å². The molecule has 0 aromatic heterocycles. The van der Waals surface area contributed by atoms with Crippen LogP contribution in [0.4, 0.5) is 4.39 Å². The summed E-state index contributed by atoms with van der Waals surface area (Å²) in [4.78, 5) is 0. The van der Waals surface area contributed by atoms with Crippen LogP contribution in [0.15, 0.2) is 48.5 Å². The topological polar surface area (TPSA) is 9.23 Å². The zero-order valence-corrected chi connectivity index (χ0v) is 11.7. The molecule has 1 nitrogen and oxygen atoms in total. The molecule has 0 fully saturated rings. The summed E-state index contributed by atoms with van der Waals surface area (Å²) in [5.41, 5.74) is 0.982. The van der Waals surface area contributed by atoms with Crippen molar-refractivity contribution in [1.82, 2.24) is 0 Å². The first-order valence-electron chi connectivity index (χ1n) is 5.86. The zero-order valence-electron chi connectivity index (χ0n) is 10.0. The van der Waals surface area contributed by atoms with Gasteiger partial charge in [0.05, 0.1) is 0 Å². The van der Waals surface area contributed by atoms with E-state index in [0.29, 0.717) is 0 Å². The molecule has 3 rings (SSSR count). The average Bonchev–Trinajstić information content (AvgIpc) is 2.65. The van der Waals surface area contributed by atoms with Crippen LogP contribution in [-0.4, -0.2) is 19.5 Å². The first kappa shape index (κ1) is 11.8. The van der Waals surface area contributed by atoms with E-state index in [1.807, 2.05) is 18.2 Å². The Kier molecular flexibility index (Phi) is 2.89. The molecule has 2 aromatic carbocycles. The van der Waals surface area contributed by atoms with Gasteiger partial charge >= 0.3 is 112 Å². The number of hydrogen-bond acceptors (Lipinski definition) is 1. The van der Waals surface area contributed by atoms with E-state index in [2.05, 4.69) is 19.1 Å². The predicted octanol–water partition coefficient (Wildman–Crippen LogP) is 2.51. The Labute approximate surface area is 112 Å². The molecule has 2 aromatic rings. The van der Waals surface area contributed by atoms with Gasteiger partial charge in [-0.2, -0.15) is 0 Å². The molecule has 0 N–H and O–H groups in total. The van der Waals surface area contributed by atoms with Crippen LogP contribution >= 0.6 is 0 Å². The summed E-state index contributed by atoms with van der Waals surface area (Å²) >= 11 is 0.212. The van der Waals surface area contributed by atoms with Crippen LogP contribution in [0, 0.1) is 5.82 Å². The van der Waals surface area contributed by atoms with E-state index in [9.17, 15) is 4.39 Å². The van der Waals surface area contributed by atoms with E-state index in [4.69, 9.17) is 4.74 Å². The molecule has 0 radical (unpaired) electrons. The van der Waals surface area contributed by atoms with Gasteiger partial charge in [-0.25, -0.2) is 0 Å². The van der Waals surface area contributed by atoms with Crippen molar-refractivity contribution in [2.24, 2.45) is 0 Å². The summed E-state index contributed by atoms with van der Waals surface area (Å²) in [7, 11) is 0. The van der Waals surface area contributed by atoms with Crippen molar-refractivity contribution in [3.05, 3.63) is 59.9 Å². The molecule has 0 amide bonds. The Morgan fingerprint density at radius 1 is 1.17 bits per heavy atom. The fourth-order valence-corrected chi connectivity index (χ4v) is 4.61. The molecule has 3 heteroatoms. The molecular formula is C15H13FOSe. The fourth-order valence-electron chi connectivity index (χ4n) is 2.20. The second kappa shape index (κ2) is 4.42. The molecule has 0 saturated heterocycles. The Morgan fingerprint density at radius 3 is 2.72 bits per heavy atom. The Bertz CT molecular complexity index is 570. The molecule has 0 spiro atoms. The van der Waals surface area contributed by atoms with Crippen molar-refractivity contribution in [2.45, 2.75) is 17.8 Å². The van der Waals surface area contributed by atoms with Crippen molar-refractivity contribution in [2.75, 3.05) is 0 Å². The van der Waals surface area contributed by atoms with E-state index in [-0.39, 0.29) is 25.3 Å². The van der Waals surface area contributed by atoms with E-state index >= 15 is 0 Å². The summed E-state index contributed by atoms with van der Waals surface area (Å²) in [6.07, 6.45) is 0.787. The number of fused-ring (bicyclic) bond motifs is 1. The summed E-state index contributed by atoms with van der Waals surface area (Å²) in [5.74, 6) is 0.644. The second-order valence-electron chi connectivity index (χ2n) is 4.58. The maximum atomic E-state index is 13.2. The standard InChI is InChI=1S/C15H13FOSe/c1-15(18-13-5-3-2-4-6-13)10-11-9-12(16)7-8-14(11)17-15/h2-9H,10H2,1H3. The van der Waals surface area contributed by atoms with Crippen LogP contribution in [0.2, 0.25) is 0 Å². The van der Waals surface area contributed by atoms with Crippen LogP contribution in [0.1, 0.15) is 12.5 Å². The SMILES string of the molecule is CC1([Se]c2ccccc2)Cc2cc(F)ccc2O1. The van der Waals surface area contributed by atoms with Gasteiger partial charge in [0, 0.05) is 0 Å². The first-order valence-corrected chi connectivity index (χ1v) is 7.57. The maximum absolute atomic E-state index is 13.2. The van der Waals surface area contributed by atoms with Crippen LogP contribution in [0.5, 0.6) is 5.75 Å². The van der Waals surface area contributed by atoms with Gasteiger partial charge in [0.15, 0.2) is 0 Å². The number of benzene rings is 2. The number of ether oxygens (including phenoxy) is 1. The third kappa shape index (κ3) is 2.29. The molecule has 1 aliphatic rings. The molecule has 1 aliphatic heterocycles. The van der Waals surface area contributed by atoms with Crippen LogP contribution in [-0.2, 0) is 6.42 Å². The molecule has 0 bridgehead atoms. The molecule has 1 atom stereocenters. The number of rotatable bonds is 2. The second-order valence-corrected chi connectivity index (χ2v) is 7.81. The molecule has 18 heavy (non-hydrogen) atoms. The Hall–Kier alpha value is -1.31. The van der Waals surface area contributed by atoms with E-state index in [1.165, 1.54) is 10.5 Å². The average molecular weight is 307 g/mol. The Morgan fingerprint density at radius 2 is 1.94 bits per heavy atom. The van der Waals surface area contributed by atoms with Gasteiger partial charge in [-0.1, -0.05) is 0 Å². The van der Waals surface area contributed by atoms with Crippen molar-refractivity contribution in [3.8, 4) is 5.75 Å². The predicted molar refractivity (Wildman–Crippen MR) is 71.0 cm³/mol. The molecule has 0 saturated carbocycles. The summed E-state index contributed by atoms with van der Waals surface area (Å²) in [6, 6.07) is 15.1. The fraction of sp³-hybridized carbons (Fsp3) is 0.200. The quantitative estimate of drug-likeness (QED) is 0.775. The van der Waals surface area contributed by atoms with Crippen LogP contribution in [0.25, 0.3) is 0 Å². The van der Waals surface area contributed by atoms with E-state index < -0.39 is 0 Å². The van der Waals surface area contributed by atoms with Crippen molar-refractivity contribution in [1.29, 1.82) is 0 Å². The summed E-state index contributed by atoms with van der Waals surface area (Å²) < 4.78 is 20.3. The van der Waals surface area contributed by atoms with Gasteiger partial charge in [0.2, 0.25) is 0 Å². The van der Waals surface area contributed by atoms with E-state index in [0.717, 1.165) is 17.7 Å². The van der Waals surface area contributed by atoms with Crippen LogP contribution < -0.4 is 9.20 Å². The van der Waals surface area contributed by atoms with Crippen LogP contribution in [0.3, 0.4) is 0 Å². The molecular weight excluding hydrogens is 294 g/mol. The minimum absolute atomic E-state index is 0.186. The third-order valence-corrected chi connectivity index (χ3v) is 5.39. The van der Waals surface area contributed by atoms with Gasteiger partial charge in [0.25, 0.3) is 0 Å². The number of hydrogen-bond donors (Lipinski definition) is 0. The van der Waals surface area contributed by atoms with Crippen molar-refractivity contribution >= 4 is 19.4 Å². The monoisotopic (exact) mass is 308 g/mol. The zero-order chi connectivity index (χ0) is 12.6. The normalized spacial score (nSPS) is 21.4. The molecule has 1 heterocycles. The number of halogens is 1. The van der Waals surface area contributed by atoms with E-state index in [1.54, 1.807) is 12.1 Å². The van der Waals surface area contributed by atoms with Gasteiger partial charge in [-0.05, 0) is 0 Å². The van der Waals surface area contributed by atoms with Gasteiger partial charge in [-0.15, -0.1) is 0 Å². The molecule has 1 unspecified atom stereocenters. The Balaban J connectivity index is 1.83. The van der Waals surface area contributed by atoms with Gasteiger partial charge < -0.3 is 0 Å². The first-order chi connectivity index (χ1) is 8.65. The molecule has 0 aliphatic carbocycles. The van der Waals surface area contributed by atoms with Gasteiger partial charge in [-0.3, -0.25) is 0 Å². The third-order valence-electron chi connectivity index (χ3n) is 2.94. The summed E-state index contributed by atoms with van der Waals surface area (Å²) in [5, 5.41) is 0. The summed E-state index contributed by atoms with van der Waals surface area (Å²) in [6.45, 7) is 2.11.